The molecule has 0 saturated heterocycles. The first-order valence-electron chi connectivity index (χ1n) is 6.42. The van der Waals surface area contributed by atoms with E-state index in [0.717, 1.165) is 30.9 Å². The molecule has 0 saturated carbocycles. The van der Waals surface area contributed by atoms with Gasteiger partial charge in [0, 0.05) is 0 Å². The smallest absolute Gasteiger partial charge is 0.170 e. The molecule has 0 radical (unpaired) electrons. The van der Waals surface area contributed by atoms with Gasteiger partial charge in [-0.25, -0.2) is 0 Å². The number of hydrogen-bond acceptors (Lipinski definition) is 4. The second-order valence-electron chi connectivity index (χ2n) is 4.20. The highest BCUT2D eigenvalue weighted by Crippen LogP contribution is 2.11. The van der Waals surface area contributed by atoms with Gasteiger partial charge in [0.2, 0.25) is 0 Å². The SMILES string of the molecule is CCCc1ccc(-n2nnnc2CNCC)cc1. The van der Waals surface area contributed by atoms with E-state index in [1.165, 1.54) is 5.56 Å². The Morgan fingerprint density at radius 2 is 1.94 bits per heavy atom. The van der Waals surface area contributed by atoms with E-state index in [0.29, 0.717) is 6.54 Å². The van der Waals surface area contributed by atoms with Gasteiger partial charge in [0.1, 0.15) is 0 Å². The van der Waals surface area contributed by atoms with Crippen molar-refractivity contribution in [3.05, 3.63) is 35.7 Å². The predicted octanol–water partition coefficient (Wildman–Crippen LogP) is 1.72. The molecule has 2 rings (SSSR count). The maximum Gasteiger partial charge on any atom is 0.170 e. The highest BCUT2D eigenvalue weighted by molar-refractivity contribution is 5.34. The summed E-state index contributed by atoms with van der Waals surface area (Å²) in [6, 6.07) is 8.41. The second kappa shape index (κ2) is 6.26. The van der Waals surface area contributed by atoms with Crippen LogP contribution in [0.5, 0.6) is 0 Å². The summed E-state index contributed by atoms with van der Waals surface area (Å²) in [4.78, 5) is 0. The number of rotatable bonds is 6. The molecule has 5 nitrogen and oxygen atoms in total. The van der Waals surface area contributed by atoms with E-state index in [-0.39, 0.29) is 0 Å². The van der Waals surface area contributed by atoms with Crippen LogP contribution in [0.3, 0.4) is 0 Å². The Morgan fingerprint density at radius 3 is 2.61 bits per heavy atom. The van der Waals surface area contributed by atoms with Crippen molar-refractivity contribution in [1.82, 2.24) is 25.5 Å². The van der Waals surface area contributed by atoms with Crippen LogP contribution in [0, 0.1) is 0 Å². The lowest BCUT2D eigenvalue weighted by Gasteiger charge is -2.06. The van der Waals surface area contributed by atoms with E-state index in [1.54, 1.807) is 4.68 Å². The maximum absolute atomic E-state index is 4.03. The van der Waals surface area contributed by atoms with Gasteiger partial charge in [-0.1, -0.05) is 32.4 Å². The topological polar surface area (TPSA) is 55.6 Å². The predicted molar refractivity (Wildman–Crippen MR) is 70.5 cm³/mol. The van der Waals surface area contributed by atoms with Crippen molar-refractivity contribution in [3.8, 4) is 5.69 Å². The van der Waals surface area contributed by atoms with Crippen LogP contribution in [0.4, 0.5) is 0 Å². The van der Waals surface area contributed by atoms with Gasteiger partial charge in [0.05, 0.1) is 12.2 Å². The minimum atomic E-state index is 0.681. The summed E-state index contributed by atoms with van der Waals surface area (Å²) in [6.45, 7) is 5.83. The fourth-order valence-electron chi connectivity index (χ4n) is 1.85. The number of benzene rings is 1. The molecule has 0 aliphatic rings. The van der Waals surface area contributed by atoms with Gasteiger partial charge in [0.15, 0.2) is 5.82 Å². The van der Waals surface area contributed by atoms with Gasteiger partial charge in [-0.2, -0.15) is 4.68 Å². The number of aromatic nitrogens is 4. The van der Waals surface area contributed by atoms with Gasteiger partial charge in [-0.3, -0.25) is 0 Å². The molecule has 0 atom stereocenters. The van der Waals surface area contributed by atoms with Crippen LogP contribution in [0.2, 0.25) is 0 Å². The number of nitrogens with one attached hydrogen (secondary N) is 1. The first kappa shape index (κ1) is 12.7. The van der Waals surface area contributed by atoms with E-state index in [1.807, 2.05) is 0 Å². The number of nitrogens with zero attached hydrogens (tertiary/aromatic N) is 4. The third-order valence-electron chi connectivity index (χ3n) is 2.79. The third-order valence-corrected chi connectivity index (χ3v) is 2.79. The van der Waals surface area contributed by atoms with E-state index in [4.69, 9.17) is 0 Å². The quantitative estimate of drug-likeness (QED) is 0.842. The van der Waals surface area contributed by atoms with Crippen molar-refractivity contribution in [2.45, 2.75) is 33.2 Å². The van der Waals surface area contributed by atoms with Gasteiger partial charge >= 0.3 is 0 Å². The molecule has 2 aromatic rings. The fraction of sp³-hybridized carbons (Fsp3) is 0.462. The lowest BCUT2D eigenvalue weighted by Crippen LogP contribution is -2.16. The molecule has 18 heavy (non-hydrogen) atoms. The molecule has 0 aliphatic carbocycles. The van der Waals surface area contributed by atoms with Crippen LogP contribution in [0.25, 0.3) is 5.69 Å². The Hall–Kier alpha value is -1.75. The molecular weight excluding hydrogens is 226 g/mol. The Balaban J connectivity index is 2.17. The average molecular weight is 245 g/mol. The Labute approximate surface area is 107 Å². The molecule has 0 bridgehead atoms. The lowest BCUT2D eigenvalue weighted by molar-refractivity contribution is 0.664. The standard InChI is InChI=1S/C13H19N5/c1-3-5-11-6-8-12(9-7-11)18-13(10-14-4-2)15-16-17-18/h6-9,14H,3-5,10H2,1-2H3. The zero-order valence-corrected chi connectivity index (χ0v) is 10.9. The summed E-state index contributed by atoms with van der Waals surface area (Å²) < 4.78 is 1.78. The Bertz CT molecular complexity index is 474. The highest BCUT2D eigenvalue weighted by Gasteiger charge is 2.07. The van der Waals surface area contributed by atoms with Crippen LogP contribution >= 0.6 is 0 Å². The van der Waals surface area contributed by atoms with Gasteiger partial charge in [-0.05, 0) is 41.1 Å². The molecule has 0 unspecified atom stereocenters. The Kier molecular flexibility index (Phi) is 4.41. The van der Waals surface area contributed by atoms with Crippen molar-refractivity contribution in [2.75, 3.05) is 6.54 Å². The summed E-state index contributed by atoms with van der Waals surface area (Å²) in [5, 5.41) is 15.0. The first-order chi connectivity index (χ1) is 8.85. The van der Waals surface area contributed by atoms with E-state index in [9.17, 15) is 0 Å². The van der Waals surface area contributed by atoms with Crippen molar-refractivity contribution >= 4 is 0 Å². The molecule has 1 aromatic carbocycles. The van der Waals surface area contributed by atoms with Gasteiger partial charge < -0.3 is 5.32 Å². The van der Waals surface area contributed by atoms with Crippen LogP contribution in [-0.2, 0) is 13.0 Å². The third kappa shape index (κ3) is 2.92. The molecular formula is C13H19N5. The largest absolute Gasteiger partial charge is 0.310 e. The summed E-state index contributed by atoms with van der Waals surface area (Å²) in [5.41, 5.74) is 2.36. The zero-order chi connectivity index (χ0) is 12.8. The minimum absolute atomic E-state index is 0.681. The number of aryl methyl sites for hydroxylation is 1. The molecule has 0 spiro atoms. The summed E-state index contributed by atoms with van der Waals surface area (Å²) in [7, 11) is 0. The Morgan fingerprint density at radius 1 is 1.17 bits per heavy atom. The van der Waals surface area contributed by atoms with Crippen molar-refractivity contribution < 1.29 is 0 Å². The average Bonchev–Trinajstić information content (AvgIpc) is 2.86. The first-order valence-corrected chi connectivity index (χ1v) is 6.42. The maximum atomic E-state index is 4.03. The molecule has 1 heterocycles. The highest BCUT2D eigenvalue weighted by atomic mass is 15.5. The van der Waals surface area contributed by atoms with Gasteiger partial charge in [-0.15, -0.1) is 5.10 Å². The van der Waals surface area contributed by atoms with Crippen LogP contribution in [-0.4, -0.2) is 26.8 Å². The fourth-order valence-corrected chi connectivity index (χ4v) is 1.85. The zero-order valence-electron chi connectivity index (χ0n) is 10.9. The second-order valence-corrected chi connectivity index (χ2v) is 4.20. The summed E-state index contributed by atoms with van der Waals surface area (Å²) in [6.07, 6.45) is 2.27. The monoisotopic (exact) mass is 245 g/mol. The lowest BCUT2D eigenvalue weighted by atomic mass is 10.1. The van der Waals surface area contributed by atoms with Crippen molar-refractivity contribution in [2.24, 2.45) is 0 Å². The molecule has 0 aliphatic heterocycles. The normalized spacial score (nSPS) is 10.8. The number of tetrazole rings is 1. The summed E-state index contributed by atoms with van der Waals surface area (Å²) in [5.74, 6) is 0.833. The molecule has 5 heteroatoms. The van der Waals surface area contributed by atoms with Crippen molar-refractivity contribution in [1.29, 1.82) is 0 Å². The molecule has 0 amide bonds. The molecule has 1 N–H and O–H groups in total. The van der Waals surface area contributed by atoms with Gasteiger partial charge in [0.25, 0.3) is 0 Å². The number of hydrogen-bond donors (Lipinski definition) is 1. The minimum Gasteiger partial charge on any atom is -0.310 e. The molecule has 96 valence electrons. The molecule has 1 aromatic heterocycles. The summed E-state index contributed by atoms with van der Waals surface area (Å²) >= 11 is 0. The van der Waals surface area contributed by atoms with E-state index < -0.39 is 0 Å². The molecule has 0 fully saturated rings. The van der Waals surface area contributed by atoms with Crippen LogP contribution in [0.1, 0.15) is 31.7 Å². The van der Waals surface area contributed by atoms with E-state index >= 15 is 0 Å². The van der Waals surface area contributed by atoms with E-state index in [2.05, 4.69) is 59.0 Å². The van der Waals surface area contributed by atoms with Crippen molar-refractivity contribution in [3.63, 3.8) is 0 Å². The van der Waals surface area contributed by atoms with Crippen LogP contribution < -0.4 is 5.32 Å². The van der Waals surface area contributed by atoms with Crippen LogP contribution in [0.15, 0.2) is 24.3 Å².